The molecular weight excluding hydrogens is 224 g/mol. The van der Waals surface area contributed by atoms with E-state index in [0.29, 0.717) is 18.2 Å². The van der Waals surface area contributed by atoms with Crippen LogP contribution in [0.3, 0.4) is 0 Å². The number of rotatable bonds is 2. The molecule has 90 valence electrons. The van der Waals surface area contributed by atoms with Crippen molar-refractivity contribution in [3.63, 3.8) is 0 Å². The number of amides is 2. The van der Waals surface area contributed by atoms with Crippen LogP contribution in [0.2, 0.25) is 0 Å². The molecule has 16 heavy (non-hydrogen) atoms. The summed E-state index contributed by atoms with van der Waals surface area (Å²) in [6, 6.07) is 0. The normalized spacial score (nSPS) is 30.3. The van der Waals surface area contributed by atoms with Crippen molar-refractivity contribution in [1.29, 1.82) is 0 Å². The zero-order valence-corrected chi connectivity index (χ0v) is 10.4. The first-order valence-electron chi connectivity index (χ1n) is 5.87. The number of thioether (sulfide) groups is 1. The second-order valence-corrected chi connectivity index (χ2v) is 5.80. The van der Waals surface area contributed by atoms with Crippen molar-refractivity contribution in [1.82, 2.24) is 10.2 Å². The SMILES string of the molecule is CCC1CN(C(=O)C2CNC(=O)C2)CCS1. The highest BCUT2D eigenvalue weighted by molar-refractivity contribution is 8.00. The molecule has 2 aliphatic heterocycles. The third-order valence-electron chi connectivity index (χ3n) is 3.23. The van der Waals surface area contributed by atoms with Crippen LogP contribution in [0.4, 0.5) is 0 Å². The van der Waals surface area contributed by atoms with Gasteiger partial charge in [0.25, 0.3) is 0 Å². The van der Waals surface area contributed by atoms with E-state index in [2.05, 4.69) is 12.2 Å². The Balaban J connectivity index is 1.91. The van der Waals surface area contributed by atoms with Crippen molar-refractivity contribution in [2.45, 2.75) is 25.0 Å². The van der Waals surface area contributed by atoms with Crippen LogP contribution in [0.25, 0.3) is 0 Å². The molecule has 2 atom stereocenters. The number of carbonyl (C=O) groups excluding carboxylic acids is 2. The summed E-state index contributed by atoms with van der Waals surface area (Å²) in [5.41, 5.74) is 0. The number of hydrogen-bond acceptors (Lipinski definition) is 3. The van der Waals surface area contributed by atoms with Gasteiger partial charge in [0.2, 0.25) is 11.8 Å². The molecule has 4 nitrogen and oxygen atoms in total. The molecule has 0 aromatic rings. The Morgan fingerprint density at radius 1 is 1.62 bits per heavy atom. The highest BCUT2D eigenvalue weighted by Gasteiger charge is 2.33. The van der Waals surface area contributed by atoms with Crippen molar-refractivity contribution < 1.29 is 9.59 Å². The van der Waals surface area contributed by atoms with E-state index in [1.54, 1.807) is 0 Å². The maximum atomic E-state index is 12.1. The zero-order chi connectivity index (χ0) is 11.5. The fraction of sp³-hybridized carbons (Fsp3) is 0.818. The summed E-state index contributed by atoms with van der Waals surface area (Å²) >= 11 is 1.95. The fourth-order valence-electron chi connectivity index (χ4n) is 2.20. The van der Waals surface area contributed by atoms with E-state index in [0.717, 1.165) is 25.3 Å². The second kappa shape index (κ2) is 5.08. The fourth-order valence-corrected chi connectivity index (χ4v) is 3.38. The highest BCUT2D eigenvalue weighted by atomic mass is 32.2. The summed E-state index contributed by atoms with van der Waals surface area (Å²) in [6.45, 7) is 4.37. The largest absolute Gasteiger partial charge is 0.355 e. The van der Waals surface area contributed by atoms with Crippen LogP contribution in [-0.2, 0) is 9.59 Å². The molecule has 0 bridgehead atoms. The Hall–Kier alpha value is -0.710. The minimum atomic E-state index is -0.117. The average Bonchev–Trinajstić information content (AvgIpc) is 2.75. The molecule has 0 aliphatic carbocycles. The summed E-state index contributed by atoms with van der Waals surface area (Å²) in [4.78, 5) is 25.1. The Bertz CT molecular complexity index is 296. The van der Waals surface area contributed by atoms with Crippen LogP contribution >= 0.6 is 11.8 Å². The van der Waals surface area contributed by atoms with Gasteiger partial charge in [-0.1, -0.05) is 6.92 Å². The molecule has 0 spiro atoms. The topological polar surface area (TPSA) is 49.4 Å². The highest BCUT2D eigenvalue weighted by Crippen LogP contribution is 2.23. The van der Waals surface area contributed by atoms with E-state index in [1.165, 1.54) is 0 Å². The maximum Gasteiger partial charge on any atom is 0.228 e. The van der Waals surface area contributed by atoms with Gasteiger partial charge in [0.1, 0.15) is 0 Å². The minimum absolute atomic E-state index is 0.0109. The lowest BCUT2D eigenvalue weighted by atomic mass is 10.1. The van der Waals surface area contributed by atoms with Gasteiger partial charge in [0.15, 0.2) is 0 Å². The monoisotopic (exact) mass is 242 g/mol. The van der Waals surface area contributed by atoms with Crippen molar-refractivity contribution in [3.8, 4) is 0 Å². The predicted octanol–water partition coefficient (Wildman–Crippen LogP) is 0.476. The molecular formula is C11H18N2O2S. The first kappa shape index (κ1) is 11.8. The van der Waals surface area contributed by atoms with Gasteiger partial charge in [-0.2, -0.15) is 11.8 Å². The van der Waals surface area contributed by atoms with E-state index in [9.17, 15) is 9.59 Å². The Kier molecular flexibility index (Phi) is 3.74. The van der Waals surface area contributed by atoms with Crippen LogP contribution in [-0.4, -0.2) is 47.4 Å². The zero-order valence-electron chi connectivity index (χ0n) is 9.57. The molecule has 0 saturated carbocycles. The van der Waals surface area contributed by atoms with Crippen molar-refractivity contribution >= 4 is 23.6 Å². The van der Waals surface area contributed by atoms with Gasteiger partial charge >= 0.3 is 0 Å². The van der Waals surface area contributed by atoms with E-state index in [1.807, 2.05) is 16.7 Å². The lowest BCUT2D eigenvalue weighted by molar-refractivity contribution is -0.135. The van der Waals surface area contributed by atoms with Crippen LogP contribution in [0, 0.1) is 5.92 Å². The van der Waals surface area contributed by atoms with Gasteiger partial charge in [0.05, 0.1) is 5.92 Å². The Morgan fingerprint density at radius 2 is 2.44 bits per heavy atom. The first-order valence-corrected chi connectivity index (χ1v) is 6.92. The molecule has 0 aromatic heterocycles. The number of nitrogens with zero attached hydrogens (tertiary/aromatic N) is 1. The van der Waals surface area contributed by atoms with Crippen molar-refractivity contribution in [3.05, 3.63) is 0 Å². The number of hydrogen-bond donors (Lipinski definition) is 1. The quantitative estimate of drug-likeness (QED) is 0.766. The third-order valence-corrected chi connectivity index (χ3v) is 4.60. The summed E-state index contributed by atoms with van der Waals surface area (Å²) in [5.74, 6) is 1.08. The van der Waals surface area contributed by atoms with Crippen LogP contribution < -0.4 is 5.32 Å². The Labute approximate surface area is 100 Å². The van der Waals surface area contributed by atoms with Crippen molar-refractivity contribution in [2.75, 3.05) is 25.4 Å². The molecule has 2 heterocycles. The number of carbonyl (C=O) groups is 2. The summed E-state index contributed by atoms with van der Waals surface area (Å²) in [6.07, 6.45) is 1.48. The van der Waals surface area contributed by atoms with E-state index in [4.69, 9.17) is 0 Å². The summed E-state index contributed by atoms with van der Waals surface area (Å²) in [5, 5.41) is 3.30. The van der Waals surface area contributed by atoms with Gasteiger partial charge in [-0.25, -0.2) is 0 Å². The van der Waals surface area contributed by atoms with Gasteiger partial charge in [-0.3, -0.25) is 9.59 Å². The van der Waals surface area contributed by atoms with Crippen LogP contribution in [0.15, 0.2) is 0 Å². The second-order valence-electron chi connectivity index (χ2n) is 4.39. The minimum Gasteiger partial charge on any atom is -0.355 e. The molecule has 2 saturated heterocycles. The van der Waals surface area contributed by atoms with Gasteiger partial charge in [0, 0.05) is 37.1 Å². The summed E-state index contributed by atoms with van der Waals surface area (Å²) in [7, 11) is 0. The van der Waals surface area contributed by atoms with Gasteiger partial charge in [-0.05, 0) is 6.42 Å². The Morgan fingerprint density at radius 3 is 3.06 bits per heavy atom. The van der Waals surface area contributed by atoms with Gasteiger partial charge in [-0.15, -0.1) is 0 Å². The average molecular weight is 242 g/mol. The lowest BCUT2D eigenvalue weighted by Crippen LogP contribution is -2.45. The molecule has 2 aliphatic rings. The molecule has 2 fully saturated rings. The van der Waals surface area contributed by atoms with E-state index >= 15 is 0 Å². The van der Waals surface area contributed by atoms with E-state index in [-0.39, 0.29) is 17.7 Å². The van der Waals surface area contributed by atoms with Crippen molar-refractivity contribution in [2.24, 2.45) is 5.92 Å². The molecule has 2 rings (SSSR count). The lowest BCUT2D eigenvalue weighted by Gasteiger charge is -2.33. The molecule has 2 amide bonds. The molecule has 0 aromatic carbocycles. The first-order chi connectivity index (χ1) is 7.70. The van der Waals surface area contributed by atoms with Crippen LogP contribution in [0.5, 0.6) is 0 Å². The maximum absolute atomic E-state index is 12.1. The van der Waals surface area contributed by atoms with Crippen LogP contribution in [0.1, 0.15) is 19.8 Å². The molecule has 5 heteroatoms. The predicted molar refractivity (Wildman–Crippen MR) is 64.2 cm³/mol. The molecule has 2 unspecified atom stereocenters. The number of nitrogens with one attached hydrogen (secondary N) is 1. The van der Waals surface area contributed by atoms with Gasteiger partial charge < -0.3 is 10.2 Å². The standard InChI is InChI=1S/C11H18N2O2S/c1-2-9-7-13(3-4-16-9)11(15)8-5-10(14)12-6-8/h8-9H,2-7H2,1H3,(H,12,14). The van der Waals surface area contributed by atoms with E-state index < -0.39 is 0 Å². The third kappa shape index (κ3) is 2.51. The molecule has 1 N–H and O–H groups in total. The molecule has 0 radical (unpaired) electrons. The smallest absolute Gasteiger partial charge is 0.228 e. The summed E-state index contributed by atoms with van der Waals surface area (Å²) < 4.78 is 0.